The molecule has 0 N–H and O–H groups in total. The smallest absolute Gasteiger partial charge is 0.150 e. The zero-order valence-corrected chi connectivity index (χ0v) is 18.2. The average molecular weight is 402 g/mol. The highest BCUT2D eigenvalue weighted by Crippen LogP contribution is 2.46. The first-order chi connectivity index (χ1) is 14.1. The first-order valence-electron chi connectivity index (χ1n) is 9.80. The third kappa shape index (κ3) is 5.22. The van der Waals surface area contributed by atoms with E-state index >= 15 is 0 Å². The fraction of sp³-hybridized carbons (Fsp3) is 0.192. The van der Waals surface area contributed by atoms with Crippen LogP contribution in [-0.2, 0) is 11.8 Å². The number of rotatable bonds is 8. The predicted octanol–water partition coefficient (Wildman–Crippen LogP) is 6.18. The summed E-state index contributed by atoms with van der Waals surface area (Å²) in [4.78, 5) is 11.6. The zero-order valence-electron chi connectivity index (χ0n) is 17.2. The lowest BCUT2D eigenvalue weighted by Gasteiger charge is -2.29. The van der Waals surface area contributed by atoms with Crippen molar-refractivity contribution in [3.63, 3.8) is 0 Å². The van der Waals surface area contributed by atoms with Gasteiger partial charge in [0.2, 0.25) is 0 Å². The fourth-order valence-corrected chi connectivity index (χ4v) is 5.06. The molecule has 0 aliphatic carbocycles. The van der Waals surface area contributed by atoms with Crippen LogP contribution in [0.3, 0.4) is 0 Å². The summed E-state index contributed by atoms with van der Waals surface area (Å²) in [6.07, 6.45) is 5.25. The highest BCUT2D eigenvalue weighted by atomic mass is 31.1. The average Bonchev–Trinajstić information content (AvgIpc) is 2.74. The number of ether oxygens (including phenoxy) is 1. The lowest BCUT2D eigenvalue weighted by molar-refractivity contribution is 0.112. The van der Waals surface area contributed by atoms with E-state index in [1.54, 1.807) is 0 Å². The Morgan fingerprint density at radius 1 is 1.00 bits per heavy atom. The van der Waals surface area contributed by atoms with Crippen LogP contribution in [0.15, 0.2) is 84.9 Å². The second-order valence-corrected chi connectivity index (χ2v) is 9.13. The molecule has 0 bridgehead atoms. The zero-order chi connectivity index (χ0) is 20.7. The minimum absolute atomic E-state index is 0.269. The largest absolute Gasteiger partial charge is 0.489 e. The number of hydrogen-bond donors (Lipinski definition) is 0. The Kier molecular flexibility index (Phi) is 7.01. The summed E-state index contributed by atoms with van der Waals surface area (Å²) in [5, 5.41) is 0.804. The van der Waals surface area contributed by atoms with Crippen molar-refractivity contribution in [2.24, 2.45) is 0 Å². The predicted molar refractivity (Wildman–Crippen MR) is 124 cm³/mol. The minimum atomic E-state index is -0.269. The number of aldehydes is 1. The number of para-hydroxylation sites is 1. The van der Waals surface area contributed by atoms with E-state index in [1.807, 2.05) is 56.3 Å². The van der Waals surface area contributed by atoms with Crippen LogP contribution in [0, 0.1) is 6.92 Å². The maximum absolute atomic E-state index is 11.6. The maximum atomic E-state index is 11.6. The van der Waals surface area contributed by atoms with Gasteiger partial charge in [-0.25, -0.2) is 0 Å². The summed E-state index contributed by atoms with van der Waals surface area (Å²) in [6.45, 7) is 6.78. The van der Waals surface area contributed by atoms with Gasteiger partial charge < -0.3 is 4.74 Å². The van der Waals surface area contributed by atoms with Crippen LogP contribution in [0.2, 0.25) is 0 Å². The molecule has 2 atom stereocenters. The number of carbonyl (C=O) groups excluding carboxylic acids is 1. The van der Waals surface area contributed by atoms with Crippen molar-refractivity contribution in [3.8, 4) is 5.75 Å². The van der Waals surface area contributed by atoms with Crippen LogP contribution < -0.4 is 10.0 Å². The van der Waals surface area contributed by atoms with Crippen molar-refractivity contribution in [2.75, 3.05) is 0 Å². The number of benzene rings is 3. The number of hydrogen-bond acceptors (Lipinski definition) is 2. The molecule has 3 aromatic carbocycles. The Hall–Kier alpha value is -2.70. The molecule has 2 nitrogen and oxygen atoms in total. The van der Waals surface area contributed by atoms with Crippen molar-refractivity contribution in [1.29, 1.82) is 0 Å². The van der Waals surface area contributed by atoms with E-state index in [2.05, 4.69) is 49.4 Å². The standard InChI is InChI=1S/C26H27O2P/c1-4-16-26(3,29-25-15-14-20(2)17-22(25)18-27)23-12-8-9-13-24(23)28-19-21-10-6-5-7-11-21/h4-18,29H,19H2,1-3H3/b16-4-. The van der Waals surface area contributed by atoms with E-state index in [0.29, 0.717) is 15.2 Å². The normalized spacial score (nSPS) is 13.6. The topological polar surface area (TPSA) is 26.3 Å². The van der Waals surface area contributed by atoms with Crippen molar-refractivity contribution in [2.45, 2.75) is 32.5 Å². The first-order valence-corrected chi connectivity index (χ1v) is 10.8. The van der Waals surface area contributed by atoms with Crippen molar-refractivity contribution < 1.29 is 9.53 Å². The molecule has 0 radical (unpaired) electrons. The van der Waals surface area contributed by atoms with Gasteiger partial charge in [0.25, 0.3) is 0 Å². The molecular formula is C26H27O2P. The Labute approximate surface area is 175 Å². The quantitative estimate of drug-likeness (QED) is 0.255. The summed E-state index contributed by atoms with van der Waals surface area (Å²) >= 11 is 0. The molecule has 0 saturated heterocycles. The van der Waals surface area contributed by atoms with Gasteiger partial charge in [0.05, 0.1) is 0 Å². The molecule has 0 aliphatic heterocycles. The van der Waals surface area contributed by atoms with Crippen LogP contribution in [0.1, 0.15) is 40.9 Å². The molecule has 0 saturated carbocycles. The van der Waals surface area contributed by atoms with Gasteiger partial charge in [-0.3, -0.25) is 4.79 Å². The monoisotopic (exact) mass is 402 g/mol. The van der Waals surface area contributed by atoms with Crippen molar-refractivity contribution in [1.82, 2.24) is 0 Å². The van der Waals surface area contributed by atoms with E-state index < -0.39 is 0 Å². The van der Waals surface area contributed by atoms with Crippen LogP contribution in [0.25, 0.3) is 0 Å². The van der Waals surface area contributed by atoms with Gasteiger partial charge in [0.1, 0.15) is 12.4 Å². The van der Waals surface area contributed by atoms with E-state index in [9.17, 15) is 4.79 Å². The number of carbonyl (C=O) groups is 1. The van der Waals surface area contributed by atoms with Gasteiger partial charge in [-0.1, -0.05) is 87.0 Å². The second-order valence-electron chi connectivity index (χ2n) is 7.31. The number of aryl methyl sites for hydroxylation is 1. The van der Waals surface area contributed by atoms with Crippen molar-refractivity contribution in [3.05, 3.63) is 107 Å². The third-order valence-corrected chi connectivity index (χ3v) is 6.59. The summed E-state index contributed by atoms with van der Waals surface area (Å²) in [5.74, 6) is 0.879. The lowest BCUT2D eigenvalue weighted by atomic mass is 9.98. The van der Waals surface area contributed by atoms with Crippen molar-refractivity contribution >= 4 is 20.2 Å². The van der Waals surface area contributed by atoms with Gasteiger partial charge in [0, 0.05) is 16.3 Å². The Bertz CT molecular complexity index is 995. The molecule has 0 amide bonds. The first kappa shape index (κ1) is 21.0. The molecule has 2 unspecified atom stereocenters. The van der Waals surface area contributed by atoms with Gasteiger partial charge in [-0.05, 0) is 43.8 Å². The molecule has 0 fully saturated rings. The van der Waals surface area contributed by atoms with E-state index in [0.717, 1.165) is 39.6 Å². The van der Waals surface area contributed by atoms with E-state index in [-0.39, 0.29) is 5.16 Å². The van der Waals surface area contributed by atoms with Crippen LogP contribution in [0.4, 0.5) is 0 Å². The van der Waals surface area contributed by atoms with Gasteiger partial charge in [-0.2, -0.15) is 0 Å². The number of allylic oxidation sites excluding steroid dienone is 2. The molecule has 29 heavy (non-hydrogen) atoms. The molecule has 3 heteroatoms. The Morgan fingerprint density at radius 2 is 1.72 bits per heavy atom. The SMILES string of the molecule is C/C=C\C(C)(Pc1ccc(C)cc1C=O)c1ccccc1OCc1ccccc1. The highest BCUT2D eigenvalue weighted by molar-refractivity contribution is 7.49. The van der Waals surface area contributed by atoms with E-state index in [4.69, 9.17) is 4.74 Å². The second kappa shape index (κ2) is 9.67. The maximum Gasteiger partial charge on any atom is 0.150 e. The fourth-order valence-electron chi connectivity index (χ4n) is 3.46. The summed E-state index contributed by atoms with van der Waals surface area (Å²) in [5.41, 5.74) is 4.13. The van der Waals surface area contributed by atoms with Gasteiger partial charge in [0.15, 0.2) is 6.29 Å². The lowest BCUT2D eigenvalue weighted by Crippen LogP contribution is -2.19. The Morgan fingerprint density at radius 3 is 2.45 bits per heavy atom. The van der Waals surface area contributed by atoms with Gasteiger partial charge >= 0.3 is 0 Å². The molecule has 0 spiro atoms. The van der Waals surface area contributed by atoms with Crippen LogP contribution in [-0.4, -0.2) is 6.29 Å². The minimum Gasteiger partial charge on any atom is -0.489 e. The summed E-state index contributed by atoms with van der Waals surface area (Å²) < 4.78 is 6.23. The molecule has 0 aliphatic rings. The third-order valence-electron chi connectivity index (χ3n) is 4.91. The molecule has 0 aromatic heterocycles. The van der Waals surface area contributed by atoms with Crippen LogP contribution >= 0.6 is 8.58 Å². The van der Waals surface area contributed by atoms with Crippen LogP contribution in [0.5, 0.6) is 5.75 Å². The highest BCUT2D eigenvalue weighted by Gasteiger charge is 2.28. The summed E-state index contributed by atoms with van der Waals surface area (Å²) in [6, 6.07) is 24.5. The van der Waals surface area contributed by atoms with E-state index in [1.165, 1.54) is 0 Å². The molecule has 3 aromatic rings. The molecule has 0 heterocycles. The molecule has 3 rings (SSSR count). The Balaban J connectivity index is 1.95. The molecule has 148 valence electrons. The molecular weight excluding hydrogens is 375 g/mol. The van der Waals surface area contributed by atoms with Gasteiger partial charge in [-0.15, -0.1) is 0 Å². The summed E-state index contributed by atoms with van der Waals surface area (Å²) in [7, 11) is 0.404.